The lowest BCUT2D eigenvalue weighted by atomic mass is 10.1. The van der Waals surface area contributed by atoms with E-state index >= 15 is 0 Å². The van der Waals surface area contributed by atoms with Crippen molar-refractivity contribution in [2.75, 3.05) is 0 Å². The van der Waals surface area contributed by atoms with Gasteiger partial charge in [-0.3, -0.25) is 4.79 Å². The van der Waals surface area contributed by atoms with E-state index in [0.717, 1.165) is 12.1 Å². The number of hydrogen-bond acceptors (Lipinski definition) is 4. The number of para-hydroxylation sites is 1. The summed E-state index contributed by atoms with van der Waals surface area (Å²) in [4.78, 5) is 12.1. The molecule has 0 aliphatic carbocycles. The average Bonchev–Trinajstić information content (AvgIpc) is 3.14. The van der Waals surface area contributed by atoms with Gasteiger partial charge in [0.15, 0.2) is 5.76 Å². The van der Waals surface area contributed by atoms with Crippen LogP contribution in [0.2, 0.25) is 0 Å². The van der Waals surface area contributed by atoms with Crippen molar-refractivity contribution < 1.29 is 22.7 Å². The summed E-state index contributed by atoms with van der Waals surface area (Å²) in [7, 11) is 0. The summed E-state index contributed by atoms with van der Waals surface area (Å²) in [5.41, 5.74) is 1.92. The minimum Gasteiger partial charge on any atom is -0.486 e. The number of carbonyl (C=O) groups is 1. The van der Waals surface area contributed by atoms with Crippen molar-refractivity contribution >= 4 is 11.6 Å². The van der Waals surface area contributed by atoms with Gasteiger partial charge in [0.25, 0.3) is 0 Å². The lowest BCUT2D eigenvalue weighted by Crippen LogP contribution is -2.19. The molecule has 0 saturated heterocycles. The van der Waals surface area contributed by atoms with Crippen molar-refractivity contribution in [3.05, 3.63) is 89.4 Å². The minimum absolute atomic E-state index is 0.00172. The monoisotopic (exact) mass is 370 g/mol. The van der Waals surface area contributed by atoms with Gasteiger partial charge in [0.2, 0.25) is 0 Å². The Hall–Kier alpha value is -3.48. The highest BCUT2D eigenvalue weighted by atomic mass is 19.1. The molecule has 3 aromatic rings. The van der Waals surface area contributed by atoms with E-state index in [4.69, 9.17) is 9.15 Å². The molecule has 5 nitrogen and oxygen atoms in total. The van der Waals surface area contributed by atoms with E-state index in [1.54, 1.807) is 18.2 Å². The predicted molar refractivity (Wildman–Crippen MR) is 95.5 cm³/mol. The van der Waals surface area contributed by atoms with Crippen molar-refractivity contribution in [1.82, 2.24) is 5.43 Å². The van der Waals surface area contributed by atoms with Gasteiger partial charge in [-0.05, 0) is 43.3 Å². The van der Waals surface area contributed by atoms with Gasteiger partial charge in [0.1, 0.15) is 29.8 Å². The number of amides is 1. The molecule has 138 valence electrons. The highest BCUT2D eigenvalue weighted by molar-refractivity contribution is 6.00. The molecule has 1 N–H and O–H groups in total. The van der Waals surface area contributed by atoms with E-state index in [0.29, 0.717) is 11.5 Å². The quantitative estimate of drug-likeness (QED) is 0.520. The summed E-state index contributed by atoms with van der Waals surface area (Å²) in [5, 5.41) is 3.74. The zero-order valence-corrected chi connectivity index (χ0v) is 14.4. The molecule has 0 unspecified atom stereocenters. The van der Waals surface area contributed by atoms with Gasteiger partial charge in [-0.15, -0.1) is 0 Å². The highest BCUT2D eigenvalue weighted by Crippen LogP contribution is 2.15. The van der Waals surface area contributed by atoms with Gasteiger partial charge in [-0.25, -0.2) is 14.2 Å². The van der Waals surface area contributed by atoms with Crippen LogP contribution in [0, 0.1) is 11.6 Å². The van der Waals surface area contributed by atoms with E-state index in [1.807, 2.05) is 18.2 Å². The third-order valence-electron chi connectivity index (χ3n) is 3.66. The number of ether oxygens (including phenoxy) is 1. The first-order valence-electron chi connectivity index (χ1n) is 8.10. The van der Waals surface area contributed by atoms with Gasteiger partial charge < -0.3 is 9.15 Å². The largest absolute Gasteiger partial charge is 0.486 e. The first-order chi connectivity index (χ1) is 13.0. The minimum atomic E-state index is -0.760. The molecule has 1 amide bonds. The highest BCUT2D eigenvalue weighted by Gasteiger charge is 2.14. The van der Waals surface area contributed by atoms with Gasteiger partial charge in [0, 0.05) is 0 Å². The van der Waals surface area contributed by atoms with Crippen LogP contribution < -0.4 is 10.2 Å². The van der Waals surface area contributed by atoms with Crippen molar-refractivity contribution in [2.24, 2.45) is 5.10 Å². The first-order valence-corrected chi connectivity index (χ1v) is 8.10. The van der Waals surface area contributed by atoms with Crippen molar-refractivity contribution in [3.8, 4) is 5.75 Å². The van der Waals surface area contributed by atoms with E-state index in [1.165, 1.54) is 19.1 Å². The number of carbonyl (C=O) groups excluding carboxylic acids is 1. The number of benzene rings is 2. The molecule has 27 heavy (non-hydrogen) atoms. The molecule has 7 heteroatoms. The predicted octanol–water partition coefficient (Wildman–Crippen LogP) is 4.29. The molecular weight excluding hydrogens is 354 g/mol. The molecule has 0 bridgehead atoms. The summed E-state index contributed by atoms with van der Waals surface area (Å²) in [6.07, 6.45) is 0. The number of hydrogen-bond donors (Lipinski definition) is 1. The molecule has 0 radical (unpaired) electrons. The van der Waals surface area contributed by atoms with Gasteiger partial charge in [-0.2, -0.15) is 5.10 Å². The summed E-state index contributed by atoms with van der Waals surface area (Å²) >= 11 is 0. The van der Waals surface area contributed by atoms with Crippen molar-refractivity contribution in [3.63, 3.8) is 0 Å². The van der Waals surface area contributed by atoms with Crippen molar-refractivity contribution in [1.29, 1.82) is 0 Å². The first kappa shape index (κ1) is 18.3. The third kappa shape index (κ3) is 4.58. The summed E-state index contributed by atoms with van der Waals surface area (Å²) < 4.78 is 38.4. The molecule has 0 spiro atoms. The topological polar surface area (TPSA) is 63.8 Å². The number of rotatable bonds is 6. The second-order valence-corrected chi connectivity index (χ2v) is 5.60. The number of hydrazone groups is 1. The normalized spacial score (nSPS) is 11.3. The van der Waals surface area contributed by atoms with Crippen LogP contribution in [-0.4, -0.2) is 11.6 Å². The van der Waals surface area contributed by atoms with E-state index < -0.39 is 17.5 Å². The number of nitrogens with one attached hydrogen (secondary N) is 1. The van der Waals surface area contributed by atoms with Crippen LogP contribution in [-0.2, 0) is 6.61 Å². The molecule has 0 aliphatic heterocycles. The summed E-state index contributed by atoms with van der Waals surface area (Å²) in [5.74, 6) is -1.03. The molecule has 1 aromatic heterocycles. The average molecular weight is 370 g/mol. The maximum absolute atomic E-state index is 13.7. The lowest BCUT2D eigenvalue weighted by molar-refractivity contribution is 0.0923. The molecule has 3 rings (SSSR count). The lowest BCUT2D eigenvalue weighted by Gasteiger charge is -2.05. The fourth-order valence-electron chi connectivity index (χ4n) is 2.34. The Balaban J connectivity index is 1.62. The third-order valence-corrected chi connectivity index (χ3v) is 3.66. The Kier molecular flexibility index (Phi) is 5.61. The zero-order chi connectivity index (χ0) is 19.2. The molecule has 0 atom stereocenters. The number of halogens is 2. The molecule has 2 aromatic carbocycles. The van der Waals surface area contributed by atoms with Crippen LogP contribution in [0.25, 0.3) is 0 Å². The van der Waals surface area contributed by atoms with E-state index in [-0.39, 0.29) is 23.6 Å². The fourth-order valence-corrected chi connectivity index (χ4v) is 2.34. The SMILES string of the molecule is C/C(=N/NC(=O)c1ccc(COc2ccccc2)o1)c1c(F)cccc1F. The second-order valence-electron chi connectivity index (χ2n) is 5.60. The maximum Gasteiger partial charge on any atom is 0.307 e. The van der Waals surface area contributed by atoms with Gasteiger partial charge in [0.05, 0.1) is 11.3 Å². The molecule has 0 saturated carbocycles. The Morgan fingerprint density at radius 1 is 1.04 bits per heavy atom. The zero-order valence-electron chi connectivity index (χ0n) is 14.4. The molecule has 0 aliphatic rings. The van der Waals surface area contributed by atoms with Crippen LogP contribution in [0.4, 0.5) is 8.78 Å². The standard InChI is InChI=1S/C20H16F2N2O3/c1-13(19-16(21)8-5-9-17(19)22)23-24-20(25)18-11-10-15(27-18)12-26-14-6-3-2-4-7-14/h2-11H,12H2,1H3,(H,24,25)/b23-13-. The van der Waals surface area contributed by atoms with Crippen LogP contribution in [0.3, 0.4) is 0 Å². The van der Waals surface area contributed by atoms with Crippen LogP contribution in [0.1, 0.15) is 28.8 Å². The summed E-state index contributed by atoms with van der Waals surface area (Å²) in [6.45, 7) is 1.54. The Labute approximate surface area is 154 Å². The van der Waals surface area contributed by atoms with E-state index in [9.17, 15) is 13.6 Å². The molecular formula is C20H16F2N2O3. The maximum atomic E-state index is 13.7. The van der Waals surface area contributed by atoms with E-state index in [2.05, 4.69) is 10.5 Å². The number of furan rings is 1. The smallest absolute Gasteiger partial charge is 0.307 e. The summed E-state index contributed by atoms with van der Waals surface area (Å²) in [6, 6.07) is 15.7. The van der Waals surface area contributed by atoms with Crippen molar-refractivity contribution in [2.45, 2.75) is 13.5 Å². The Morgan fingerprint density at radius 2 is 1.74 bits per heavy atom. The van der Waals surface area contributed by atoms with Crippen LogP contribution in [0.15, 0.2) is 70.2 Å². The fraction of sp³-hybridized carbons (Fsp3) is 0.100. The Morgan fingerprint density at radius 3 is 2.44 bits per heavy atom. The molecule has 1 heterocycles. The van der Waals surface area contributed by atoms with Gasteiger partial charge in [-0.1, -0.05) is 24.3 Å². The van der Waals surface area contributed by atoms with Gasteiger partial charge >= 0.3 is 5.91 Å². The Bertz CT molecular complexity index is 948. The van der Waals surface area contributed by atoms with Crippen LogP contribution in [0.5, 0.6) is 5.75 Å². The number of nitrogens with zero attached hydrogens (tertiary/aromatic N) is 1. The molecule has 0 fully saturated rings. The van der Waals surface area contributed by atoms with Crippen LogP contribution >= 0.6 is 0 Å². The second kappa shape index (κ2) is 8.27.